The standard InChI is InChI=1S/C17H20N4O3S/c1-3-24-16(22)15-11-10-21(9-8-12(11)19-20-15)17(25)18-13-6-4-5-7-14(13)23-2/h4-7H,3,8-10H2,1-2H3,(H,18,25)(H,19,20). The van der Waals surface area contributed by atoms with E-state index in [1.807, 2.05) is 29.2 Å². The monoisotopic (exact) mass is 360 g/mol. The highest BCUT2D eigenvalue weighted by atomic mass is 32.1. The molecule has 25 heavy (non-hydrogen) atoms. The molecule has 0 aliphatic carbocycles. The number of aromatic amines is 1. The van der Waals surface area contributed by atoms with Crippen molar-refractivity contribution >= 4 is 29.0 Å². The Morgan fingerprint density at radius 1 is 1.44 bits per heavy atom. The van der Waals surface area contributed by atoms with Gasteiger partial charge in [0, 0.05) is 30.8 Å². The van der Waals surface area contributed by atoms with Crippen LogP contribution >= 0.6 is 12.2 Å². The third-order valence-electron chi connectivity index (χ3n) is 4.04. The first kappa shape index (κ1) is 17.2. The summed E-state index contributed by atoms with van der Waals surface area (Å²) in [6, 6.07) is 7.59. The van der Waals surface area contributed by atoms with Gasteiger partial charge in [-0.05, 0) is 31.3 Å². The Balaban J connectivity index is 1.75. The fraction of sp³-hybridized carbons (Fsp3) is 0.353. The van der Waals surface area contributed by atoms with E-state index < -0.39 is 5.97 Å². The Morgan fingerprint density at radius 2 is 2.24 bits per heavy atom. The third kappa shape index (κ3) is 3.58. The summed E-state index contributed by atoms with van der Waals surface area (Å²) in [7, 11) is 1.62. The van der Waals surface area contributed by atoms with E-state index in [-0.39, 0.29) is 0 Å². The lowest BCUT2D eigenvalue weighted by Gasteiger charge is -2.29. The van der Waals surface area contributed by atoms with Crippen LogP contribution in [0.5, 0.6) is 5.75 Å². The normalized spacial score (nSPS) is 13.1. The molecule has 0 unspecified atom stereocenters. The van der Waals surface area contributed by atoms with Crippen LogP contribution in [0, 0.1) is 0 Å². The second-order valence-electron chi connectivity index (χ2n) is 5.55. The molecule has 8 heteroatoms. The molecule has 2 N–H and O–H groups in total. The van der Waals surface area contributed by atoms with E-state index in [0.29, 0.717) is 24.0 Å². The van der Waals surface area contributed by atoms with Gasteiger partial charge in [-0.3, -0.25) is 5.10 Å². The number of H-pyrrole nitrogens is 1. The van der Waals surface area contributed by atoms with Crippen LogP contribution in [-0.4, -0.2) is 46.4 Å². The van der Waals surface area contributed by atoms with Crippen LogP contribution in [0.4, 0.5) is 5.69 Å². The fourth-order valence-electron chi connectivity index (χ4n) is 2.78. The van der Waals surface area contributed by atoms with Gasteiger partial charge in [0.2, 0.25) is 0 Å². The van der Waals surface area contributed by atoms with Gasteiger partial charge in [0.05, 0.1) is 19.4 Å². The summed E-state index contributed by atoms with van der Waals surface area (Å²) in [5, 5.41) is 10.8. The molecule has 0 saturated carbocycles. The number of hydrogen-bond acceptors (Lipinski definition) is 5. The molecule has 0 fully saturated rings. The molecular weight excluding hydrogens is 340 g/mol. The minimum atomic E-state index is -0.412. The van der Waals surface area contributed by atoms with Crippen molar-refractivity contribution in [3.8, 4) is 5.75 Å². The third-order valence-corrected chi connectivity index (χ3v) is 4.40. The van der Waals surface area contributed by atoms with Gasteiger partial charge in [0.15, 0.2) is 10.8 Å². The lowest BCUT2D eigenvalue weighted by Crippen LogP contribution is -2.39. The first-order chi connectivity index (χ1) is 12.1. The molecule has 0 bridgehead atoms. The van der Waals surface area contributed by atoms with Crippen molar-refractivity contribution in [1.82, 2.24) is 15.1 Å². The zero-order chi connectivity index (χ0) is 17.8. The van der Waals surface area contributed by atoms with E-state index in [1.165, 1.54) is 0 Å². The molecule has 1 aliphatic heterocycles. The number of carbonyl (C=O) groups is 1. The molecule has 7 nitrogen and oxygen atoms in total. The van der Waals surface area contributed by atoms with E-state index >= 15 is 0 Å². The average Bonchev–Trinajstić information content (AvgIpc) is 3.05. The largest absolute Gasteiger partial charge is 0.495 e. The fourth-order valence-corrected chi connectivity index (χ4v) is 3.04. The maximum atomic E-state index is 12.0. The number of aromatic nitrogens is 2. The Hall–Kier alpha value is -2.61. The minimum Gasteiger partial charge on any atom is -0.495 e. The quantitative estimate of drug-likeness (QED) is 0.640. The summed E-state index contributed by atoms with van der Waals surface area (Å²) in [5.74, 6) is 0.309. The number of nitrogens with zero attached hydrogens (tertiary/aromatic N) is 2. The summed E-state index contributed by atoms with van der Waals surface area (Å²) in [6.07, 6.45) is 0.732. The molecule has 0 radical (unpaired) electrons. The number of fused-ring (bicyclic) bond motifs is 1. The number of rotatable bonds is 4. The Bertz CT molecular complexity index is 790. The number of para-hydroxylation sites is 2. The predicted molar refractivity (Wildman–Crippen MR) is 97.9 cm³/mol. The number of thiocarbonyl (C=S) groups is 1. The van der Waals surface area contributed by atoms with Crippen molar-refractivity contribution in [2.45, 2.75) is 19.9 Å². The van der Waals surface area contributed by atoms with Gasteiger partial charge in [0.1, 0.15) is 5.75 Å². The number of methoxy groups -OCH3 is 1. The SMILES string of the molecule is CCOC(=O)c1n[nH]c2c1CN(C(=S)Nc1ccccc1OC)CC2. The zero-order valence-corrected chi connectivity index (χ0v) is 15.0. The van der Waals surface area contributed by atoms with E-state index in [0.717, 1.165) is 35.7 Å². The molecule has 0 saturated heterocycles. The van der Waals surface area contributed by atoms with Crippen molar-refractivity contribution < 1.29 is 14.3 Å². The number of esters is 1. The summed E-state index contributed by atoms with van der Waals surface area (Å²) in [5.41, 5.74) is 2.94. The molecule has 2 heterocycles. The van der Waals surface area contributed by atoms with Crippen molar-refractivity contribution in [3.63, 3.8) is 0 Å². The van der Waals surface area contributed by atoms with E-state index in [1.54, 1.807) is 14.0 Å². The van der Waals surface area contributed by atoms with Gasteiger partial charge in [-0.2, -0.15) is 5.10 Å². The molecule has 0 spiro atoms. The van der Waals surface area contributed by atoms with E-state index in [9.17, 15) is 4.79 Å². The smallest absolute Gasteiger partial charge is 0.359 e. The first-order valence-electron chi connectivity index (χ1n) is 8.06. The highest BCUT2D eigenvalue weighted by Gasteiger charge is 2.27. The highest BCUT2D eigenvalue weighted by molar-refractivity contribution is 7.80. The van der Waals surface area contributed by atoms with E-state index in [4.69, 9.17) is 21.7 Å². The Kier molecular flexibility index (Phi) is 5.18. The molecular formula is C17H20N4O3S. The molecule has 2 aromatic rings. The summed E-state index contributed by atoms with van der Waals surface area (Å²) in [4.78, 5) is 14.0. The van der Waals surface area contributed by atoms with Crippen molar-refractivity contribution in [1.29, 1.82) is 0 Å². The maximum Gasteiger partial charge on any atom is 0.359 e. The van der Waals surface area contributed by atoms with Crippen LogP contribution in [0.25, 0.3) is 0 Å². The Labute approximate surface area is 151 Å². The first-order valence-corrected chi connectivity index (χ1v) is 8.47. The Morgan fingerprint density at radius 3 is 3.00 bits per heavy atom. The van der Waals surface area contributed by atoms with Gasteiger partial charge in [-0.1, -0.05) is 12.1 Å². The molecule has 1 aromatic heterocycles. The second kappa shape index (κ2) is 7.52. The predicted octanol–water partition coefficient (Wildman–Crippen LogP) is 2.35. The average molecular weight is 360 g/mol. The van der Waals surface area contributed by atoms with Gasteiger partial charge >= 0.3 is 5.97 Å². The number of ether oxygens (including phenoxy) is 2. The summed E-state index contributed by atoms with van der Waals surface area (Å²) in [6.45, 7) is 3.33. The summed E-state index contributed by atoms with van der Waals surface area (Å²) >= 11 is 5.54. The lowest BCUT2D eigenvalue weighted by atomic mass is 10.1. The number of nitrogens with one attached hydrogen (secondary N) is 2. The summed E-state index contributed by atoms with van der Waals surface area (Å²) < 4.78 is 10.4. The minimum absolute atomic E-state index is 0.317. The topological polar surface area (TPSA) is 79.5 Å². The van der Waals surface area contributed by atoms with Crippen molar-refractivity contribution in [2.24, 2.45) is 0 Å². The van der Waals surface area contributed by atoms with Crippen LogP contribution < -0.4 is 10.1 Å². The lowest BCUT2D eigenvalue weighted by molar-refractivity contribution is 0.0517. The van der Waals surface area contributed by atoms with Crippen LogP contribution in [0.2, 0.25) is 0 Å². The zero-order valence-electron chi connectivity index (χ0n) is 14.2. The van der Waals surface area contributed by atoms with Crippen LogP contribution in [0.3, 0.4) is 0 Å². The van der Waals surface area contributed by atoms with Gasteiger partial charge in [0.25, 0.3) is 0 Å². The van der Waals surface area contributed by atoms with Gasteiger partial charge < -0.3 is 19.7 Å². The number of anilines is 1. The molecule has 1 aromatic carbocycles. The maximum absolute atomic E-state index is 12.0. The van der Waals surface area contributed by atoms with Gasteiger partial charge in [-0.15, -0.1) is 0 Å². The van der Waals surface area contributed by atoms with Crippen molar-refractivity contribution in [2.75, 3.05) is 25.6 Å². The van der Waals surface area contributed by atoms with Gasteiger partial charge in [-0.25, -0.2) is 4.79 Å². The van der Waals surface area contributed by atoms with Crippen LogP contribution in [0.15, 0.2) is 24.3 Å². The second-order valence-corrected chi connectivity index (χ2v) is 5.94. The molecule has 0 amide bonds. The van der Waals surface area contributed by atoms with Crippen molar-refractivity contribution in [3.05, 3.63) is 41.2 Å². The highest BCUT2D eigenvalue weighted by Crippen LogP contribution is 2.25. The number of carbonyl (C=O) groups excluding carboxylic acids is 1. The molecule has 132 valence electrons. The molecule has 1 aliphatic rings. The molecule has 0 atom stereocenters. The molecule has 3 rings (SSSR count). The van der Waals surface area contributed by atoms with E-state index in [2.05, 4.69) is 15.5 Å². The number of benzene rings is 1. The van der Waals surface area contributed by atoms with Crippen LogP contribution in [-0.2, 0) is 17.7 Å². The van der Waals surface area contributed by atoms with Crippen LogP contribution in [0.1, 0.15) is 28.7 Å². The number of hydrogen-bond donors (Lipinski definition) is 2.